The zero-order valence-corrected chi connectivity index (χ0v) is 12.0. The average molecular weight is 283 g/mol. The second-order valence-corrected chi connectivity index (χ2v) is 6.41. The molecule has 0 aromatic carbocycles. The quantitative estimate of drug-likeness (QED) is 0.530. The number of carboxylic acids is 1. The van der Waals surface area contributed by atoms with Gasteiger partial charge in [-0.25, -0.2) is 5.48 Å². The number of rotatable bonds is 3. The first kappa shape index (κ1) is 15.0. The number of hydrogen-bond donors (Lipinski definition) is 3. The minimum absolute atomic E-state index is 0.120. The van der Waals surface area contributed by atoms with Crippen LogP contribution in [0.5, 0.6) is 0 Å². The summed E-state index contributed by atoms with van der Waals surface area (Å²) < 4.78 is 0. The molecule has 0 spiro atoms. The van der Waals surface area contributed by atoms with Crippen LogP contribution in [-0.4, -0.2) is 33.8 Å². The van der Waals surface area contributed by atoms with Crippen molar-refractivity contribution < 1.29 is 24.6 Å². The van der Waals surface area contributed by atoms with Gasteiger partial charge in [0.1, 0.15) is 0 Å². The molecule has 3 unspecified atom stereocenters. The van der Waals surface area contributed by atoms with E-state index < -0.39 is 35.4 Å². The Labute approximate surface area is 117 Å². The maximum absolute atomic E-state index is 12.1. The van der Waals surface area contributed by atoms with Gasteiger partial charge >= 0.3 is 5.97 Å². The highest BCUT2D eigenvalue weighted by molar-refractivity contribution is 5.82. The molecule has 0 saturated carbocycles. The lowest BCUT2D eigenvalue weighted by atomic mass is 9.66. The Hall–Kier alpha value is -1.40. The fourth-order valence-electron chi connectivity index (χ4n) is 2.70. The first-order chi connectivity index (χ1) is 9.20. The van der Waals surface area contributed by atoms with Gasteiger partial charge in [-0.2, -0.15) is 0 Å². The van der Waals surface area contributed by atoms with Gasteiger partial charge in [0.05, 0.1) is 23.5 Å². The minimum Gasteiger partial charge on any atom is -0.481 e. The van der Waals surface area contributed by atoms with Gasteiger partial charge in [0.25, 0.3) is 0 Å². The molecule has 0 aliphatic heterocycles. The number of nitrogens with one attached hydrogen (secondary N) is 1. The van der Waals surface area contributed by atoms with Crippen molar-refractivity contribution in [2.24, 2.45) is 11.8 Å². The first-order valence-corrected chi connectivity index (χ1v) is 6.81. The zero-order chi connectivity index (χ0) is 15.1. The van der Waals surface area contributed by atoms with Crippen LogP contribution in [0.25, 0.3) is 0 Å². The Morgan fingerprint density at radius 2 is 1.85 bits per heavy atom. The van der Waals surface area contributed by atoms with E-state index in [9.17, 15) is 19.8 Å². The molecule has 0 fully saturated rings. The molecule has 112 valence electrons. The summed E-state index contributed by atoms with van der Waals surface area (Å²) in [6, 6.07) is 0. The van der Waals surface area contributed by atoms with Gasteiger partial charge in [0, 0.05) is 0 Å². The standard InChI is InChI=1S/C14H21NO5/c1-14(2,3)20-15-12(17)10-6-9(13(18)19)7-4-5-8(7)11(10)16/h9-11,16H,4-6H2,1-3H3,(H,15,17)(H,18,19). The molecule has 0 aromatic rings. The number of carboxylic acid groups (broad SMARTS) is 1. The van der Waals surface area contributed by atoms with Crippen LogP contribution in [-0.2, 0) is 14.4 Å². The molecule has 0 aromatic heterocycles. The van der Waals surface area contributed by atoms with E-state index in [0.29, 0.717) is 12.8 Å². The van der Waals surface area contributed by atoms with Crippen LogP contribution in [0.1, 0.15) is 40.0 Å². The average Bonchev–Trinajstić information content (AvgIpc) is 2.26. The van der Waals surface area contributed by atoms with Crippen LogP contribution < -0.4 is 5.48 Å². The van der Waals surface area contributed by atoms with E-state index in [1.54, 1.807) is 20.8 Å². The number of amides is 1. The summed E-state index contributed by atoms with van der Waals surface area (Å²) in [5.74, 6) is -2.82. The smallest absolute Gasteiger partial charge is 0.310 e. The van der Waals surface area contributed by atoms with E-state index >= 15 is 0 Å². The molecule has 2 rings (SSSR count). The van der Waals surface area contributed by atoms with Crippen molar-refractivity contribution in [1.29, 1.82) is 0 Å². The highest BCUT2D eigenvalue weighted by atomic mass is 16.7. The van der Waals surface area contributed by atoms with E-state index in [0.717, 1.165) is 11.1 Å². The lowest BCUT2D eigenvalue weighted by Gasteiger charge is -2.40. The van der Waals surface area contributed by atoms with Gasteiger partial charge in [0.15, 0.2) is 0 Å². The molecular weight excluding hydrogens is 262 g/mol. The SMILES string of the molecule is CC(C)(C)ONC(=O)C1CC(C(=O)O)C2=C(CC2)C1O. The highest BCUT2D eigenvalue weighted by Gasteiger charge is 2.45. The molecule has 0 radical (unpaired) electrons. The molecule has 20 heavy (non-hydrogen) atoms. The molecule has 0 heterocycles. The number of hydroxylamine groups is 1. The van der Waals surface area contributed by atoms with Crippen LogP contribution >= 0.6 is 0 Å². The van der Waals surface area contributed by atoms with Gasteiger partial charge in [-0.05, 0) is 45.6 Å². The lowest BCUT2D eigenvalue weighted by molar-refractivity contribution is -0.155. The fourth-order valence-corrected chi connectivity index (χ4v) is 2.70. The molecule has 2 aliphatic rings. The second kappa shape index (κ2) is 5.18. The van der Waals surface area contributed by atoms with Gasteiger partial charge in [0.2, 0.25) is 5.91 Å². The summed E-state index contributed by atoms with van der Waals surface area (Å²) in [7, 11) is 0. The Morgan fingerprint density at radius 3 is 2.30 bits per heavy atom. The molecule has 2 aliphatic carbocycles. The molecule has 1 amide bonds. The number of aliphatic hydroxyl groups is 1. The lowest BCUT2D eigenvalue weighted by Crippen LogP contribution is -2.47. The van der Waals surface area contributed by atoms with Crippen LogP contribution in [0.2, 0.25) is 0 Å². The molecular formula is C14H21NO5. The van der Waals surface area contributed by atoms with Gasteiger partial charge < -0.3 is 10.2 Å². The first-order valence-electron chi connectivity index (χ1n) is 6.81. The predicted molar refractivity (Wildman–Crippen MR) is 70.5 cm³/mol. The van der Waals surface area contributed by atoms with E-state index in [1.807, 2.05) is 0 Å². The summed E-state index contributed by atoms with van der Waals surface area (Å²) in [6.45, 7) is 5.37. The molecule has 3 N–H and O–H groups in total. The van der Waals surface area contributed by atoms with Crippen molar-refractivity contribution in [1.82, 2.24) is 5.48 Å². The van der Waals surface area contributed by atoms with Crippen LogP contribution in [0, 0.1) is 11.8 Å². The number of aliphatic carboxylic acids is 1. The van der Waals surface area contributed by atoms with E-state index in [1.165, 1.54) is 0 Å². The number of carbonyl (C=O) groups is 2. The van der Waals surface area contributed by atoms with Crippen molar-refractivity contribution in [3.63, 3.8) is 0 Å². The monoisotopic (exact) mass is 283 g/mol. The van der Waals surface area contributed by atoms with E-state index in [2.05, 4.69) is 5.48 Å². The number of hydrogen-bond acceptors (Lipinski definition) is 4. The fraction of sp³-hybridized carbons (Fsp3) is 0.714. The summed E-state index contributed by atoms with van der Waals surface area (Å²) in [5, 5.41) is 19.4. The Morgan fingerprint density at radius 1 is 1.25 bits per heavy atom. The van der Waals surface area contributed by atoms with Crippen LogP contribution in [0.3, 0.4) is 0 Å². The van der Waals surface area contributed by atoms with Crippen molar-refractivity contribution in [3.05, 3.63) is 11.1 Å². The Balaban J connectivity index is 2.09. The molecule has 3 atom stereocenters. The van der Waals surface area contributed by atoms with Crippen LogP contribution in [0.4, 0.5) is 0 Å². The van der Waals surface area contributed by atoms with Crippen molar-refractivity contribution in [2.45, 2.75) is 51.7 Å². The zero-order valence-electron chi connectivity index (χ0n) is 12.0. The minimum atomic E-state index is -0.932. The highest BCUT2D eigenvalue weighted by Crippen LogP contribution is 2.45. The van der Waals surface area contributed by atoms with Gasteiger partial charge in [-0.15, -0.1) is 0 Å². The normalized spacial score (nSPS) is 29.5. The van der Waals surface area contributed by atoms with Gasteiger partial charge in [-0.3, -0.25) is 14.4 Å². The topological polar surface area (TPSA) is 95.9 Å². The Kier molecular flexibility index (Phi) is 3.88. The summed E-state index contributed by atoms with van der Waals surface area (Å²) in [5.41, 5.74) is 3.31. The van der Waals surface area contributed by atoms with E-state index in [4.69, 9.17) is 4.84 Å². The molecule has 0 bridgehead atoms. The molecule has 6 nitrogen and oxygen atoms in total. The maximum Gasteiger partial charge on any atom is 0.310 e. The largest absolute Gasteiger partial charge is 0.481 e. The number of carbonyl (C=O) groups excluding carboxylic acids is 1. The summed E-state index contributed by atoms with van der Waals surface area (Å²) in [6.07, 6.45) is 0.604. The molecule has 6 heteroatoms. The third-order valence-electron chi connectivity index (χ3n) is 3.82. The Bertz CT molecular complexity index is 463. The third kappa shape index (κ3) is 2.86. The van der Waals surface area contributed by atoms with Gasteiger partial charge in [-0.1, -0.05) is 5.57 Å². The third-order valence-corrected chi connectivity index (χ3v) is 3.82. The predicted octanol–water partition coefficient (Wildman–Crippen LogP) is 1.00. The molecule has 0 saturated heterocycles. The second-order valence-electron chi connectivity index (χ2n) is 6.41. The van der Waals surface area contributed by atoms with E-state index in [-0.39, 0.29) is 6.42 Å². The summed E-state index contributed by atoms with van der Waals surface area (Å²) >= 11 is 0. The van der Waals surface area contributed by atoms with Crippen molar-refractivity contribution in [3.8, 4) is 0 Å². The van der Waals surface area contributed by atoms with Crippen molar-refractivity contribution in [2.75, 3.05) is 0 Å². The summed E-state index contributed by atoms with van der Waals surface area (Å²) in [4.78, 5) is 28.5. The maximum atomic E-state index is 12.1. The van der Waals surface area contributed by atoms with Crippen LogP contribution in [0.15, 0.2) is 11.1 Å². The number of aliphatic hydroxyl groups excluding tert-OH is 1. The van der Waals surface area contributed by atoms with Crippen molar-refractivity contribution >= 4 is 11.9 Å².